The zero-order chi connectivity index (χ0) is 18.1. The molecule has 0 N–H and O–H groups in total. The van der Waals surface area contributed by atoms with E-state index in [1.165, 1.54) is 4.68 Å². The lowest BCUT2D eigenvalue weighted by Crippen LogP contribution is -2.23. The third-order valence-electron chi connectivity index (χ3n) is 4.54. The van der Waals surface area contributed by atoms with Crippen molar-refractivity contribution >= 4 is 0 Å². The van der Waals surface area contributed by atoms with E-state index >= 15 is 0 Å². The fourth-order valence-corrected chi connectivity index (χ4v) is 2.87. The Kier molecular flexibility index (Phi) is 4.21. The molecule has 0 bridgehead atoms. The van der Waals surface area contributed by atoms with Gasteiger partial charge < -0.3 is 9.47 Å². The Labute approximate surface area is 151 Å². The number of ether oxygens (including phenoxy) is 2. The summed E-state index contributed by atoms with van der Waals surface area (Å²) < 4.78 is 12.6. The Morgan fingerprint density at radius 3 is 2.27 bits per heavy atom. The molecular formula is C21H20N2O3. The Bertz CT molecular complexity index is 972. The summed E-state index contributed by atoms with van der Waals surface area (Å²) in [6.45, 7) is 2.01. The van der Waals surface area contributed by atoms with Crippen molar-refractivity contribution in [1.29, 1.82) is 0 Å². The first-order chi connectivity index (χ1) is 12.7. The van der Waals surface area contributed by atoms with Gasteiger partial charge in [0, 0.05) is 5.56 Å². The van der Waals surface area contributed by atoms with Crippen molar-refractivity contribution in [2.75, 3.05) is 7.11 Å². The van der Waals surface area contributed by atoms with Crippen molar-refractivity contribution in [2.24, 2.45) is 0 Å². The molecule has 1 aromatic heterocycles. The number of aryl methyl sites for hydroxylation is 1. The van der Waals surface area contributed by atoms with Crippen molar-refractivity contribution in [1.82, 2.24) is 9.78 Å². The molecule has 1 aliphatic carbocycles. The summed E-state index contributed by atoms with van der Waals surface area (Å²) >= 11 is 0. The summed E-state index contributed by atoms with van der Waals surface area (Å²) in [4.78, 5) is 13.1. The average molecular weight is 348 g/mol. The van der Waals surface area contributed by atoms with Crippen LogP contribution >= 0.6 is 0 Å². The predicted molar refractivity (Wildman–Crippen MR) is 99.6 cm³/mol. The zero-order valence-electron chi connectivity index (χ0n) is 14.8. The molecule has 1 aliphatic rings. The molecule has 0 saturated heterocycles. The standard InChI is InChI=1S/C21H20N2O3/c1-14-3-7-16(8-4-14)23-21(24)20(19(13-22-23)15-5-6-15)26-18-11-9-17(25-2)10-12-18/h3-4,7-13,15H,5-6H2,1-2H3. The van der Waals surface area contributed by atoms with Gasteiger partial charge in [0.2, 0.25) is 0 Å². The SMILES string of the molecule is COc1ccc(Oc2c(C3CC3)cnn(-c3ccc(C)cc3)c2=O)cc1. The molecule has 26 heavy (non-hydrogen) atoms. The van der Waals surface area contributed by atoms with Crippen LogP contribution in [0.3, 0.4) is 0 Å². The van der Waals surface area contributed by atoms with Gasteiger partial charge in [-0.25, -0.2) is 0 Å². The first-order valence-corrected chi connectivity index (χ1v) is 8.67. The van der Waals surface area contributed by atoms with Crippen LogP contribution in [0.15, 0.2) is 59.5 Å². The molecule has 4 rings (SSSR count). The monoisotopic (exact) mass is 348 g/mol. The van der Waals surface area contributed by atoms with Crippen molar-refractivity contribution in [3.8, 4) is 22.9 Å². The number of rotatable bonds is 5. The highest BCUT2D eigenvalue weighted by atomic mass is 16.5. The maximum atomic E-state index is 13.1. The van der Waals surface area contributed by atoms with Gasteiger partial charge in [-0.15, -0.1) is 0 Å². The number of methoxy groups -OCH3 is 1. The van der Waals surface area contributed by atoms with Gasteiger partial charge in [-0.1, -0.05) is 17.7 Å². The van der Waals surface area contributed by atoms with E-state index in [4.69, 9.17) is 9.47 Å². The summed E-state index contributed by atoms with van der Waals surface area (Å²) in [5.74, 6) is 2.06. The second kappa shape index (κ2) is 6.67. The third-order valence-corrected chi connectivity index (χ3v) is 4.54. The molecule has 5 heteroatoms. The lowest BCUT2D eigenvalue weighted by Gasteiger charge is -2.13. The fourth-order valence-electron chi connectivity index (χ4n) is 2.87. The maximum absolute atomic E-state index is 13.1. The van der Waals surface area contributed by atoms with E-state index in [-0.39, 0.29) is 5.56 Å². The van der Waals surface area contributed by atoms with E-state index in [2.05, 4.69) is 5.10 Å². The average Bonchev–Trinajstić information content (AvgIpc) is 3.50. The summed E-state index contributed by atoms with van der Waals surface area (Å²) in [6, 6.07) is 14.9. The molecule has 5 nitrogen and oxygen atoms in total. The third kappa shape index (κ3) is 3.20. The lowest BCUT2D eigenvalue weighted by molar-refractivity contribution is 0.412. The molecule has 132 valence electrons. The highest BCUT2D eigenvalue weighted by Gasteiger charge is 2.30. The minimum absolute atomic E-state index is 0.242. The molecule has 0 atom stereocenters. The van der Waals surface area contributed by atoms with E-state index in [9.17, 15) is 4.79 Å². The van der Waals surface area contributed by atoms with Gasteiger partial charge >= 0.3 is 5.56 Å². The predicted octanol–water partition coefficient (Wildman–Crippen LogP) is 4.22. The Morgan fingerprint density at radius 1 is 1.00 bits per heavy atom. The van der Waals surface area contributed by atoms with Crippen molar-refractivity contribution in [3.63, 3.8) is 0 Å². The van der Waals surface area contributed by atoms with Crippen LogP contribution < -0.4 is 15.0 Å². The van der Waals surface area contributed by atoms with E-state index in [0.29, 0.717) is 17.4 Å². The summed E-state index contributed by atoms with van der Waals surface area (Å²) in [6.07, 6.45) is 3.89. The van der Waals surface area contributed by atoms with Gasteiger partial charge in [-0.05, 0) is 62.1 Å². The number of hydrogen-bond donors (Lipinski definition) is 0. The second-order valence-corrected chi connectivity index (χ2v) is 6.53. The van der Waals surface area contributed by atoms with E-state index in [0.717, 1.165) is 35.4 Å². The van der Waals surface area contributed by atoms with Crippen LogP contribution in [-0.2, 0) is 0 Å². The van der Waals surface area contributed by atoms with E-state index in [1.807, 2.05) is 43.3 Å². The van der Waals surface area contributed by atoms with Crippen molar-refractivity contribution in [2.45, 2.75) is 25.7 Å². The lowest BCUT2D eigenvalue weighted by atomic mass is 10.2. The zero-order valence-corrected chi connectivity index (χ0v) is 14.8. The van der Waals surface area contributed by atoms with E-state index < -0.39 is 0 Å². The molecule has 0 radical (unpaired) electrons. The minimum Gasteiger partial charge on any atom is -0.497 e. The number of hydrogen-bond acceptors (Lipinski definition) is 4. The quantitative estimate of drug-likeness (QED) is 0.693. The largest absolute Gasteiger partial charge is 0.497 e. The Hall–Kier alpha value is -3.08. The first kappa shape index (κ1) is 16.4. The highest BCUT2D eigenvalue weighted by Crippen LogP contribution is 2.43. The van der Waals surface area contributed by atoms with Crippen LogP contribution in [0.2, 0.25) is 0 Å². The van der Waals surface area contributed by atoms with Gasteiger partial charge in [-0.3, -0.25) is 4.79 Å². The molecule has 2 aromatic carbocycles. The van der Waals surface area contributed by atoms with Crippen LogP contribution in [0.25, 0.3) is 5.69 Å². The van der Waals surface area contributed by atoms with Gasteiger partial charge in [0.15, 0.2) is 5.75 Å². The molecule has 1 saturated carbocycles. The Morgan fingerprint density at radius 2 is 1.65 bits per heavy atom. The summed E-state index contributed by atoms with van der Waals surface area (Å²) in [5, 5.41) is 4.37. The number of benzene rings is 2. The van der Waals surface area contributed by atoms with Crippen LogP contribution in [0, 0.1) is 6.92 Å². The van der Waals surface area contributed by atoms with Gasteiger partial charge in [-0.2, -0.15) is 9.78 Å². The maximum Gasteiger partial charge on any atom is 0.314 e. The number of nitrogens with zero attached hydrogens (tertiary/aromatic N) is 2. The number of aromatic nitrogens is 2. The summed E-state index contributed by atoms with van der Waals surface area (Å²) in [7, 11) is 1.62. The van der Waals surface area contributed by atoms with E-state index in [1.54, 1.807) is 25.4 Å². The van der Waals surface area contributed by atoms with Crippen LogP contribution in [-0.4, -0.2) is 16.9 Å². The molecule has 1 heterocycles. The van der Waals surface area contributed by atoms with Crippen molar-refractivity contribution < 1.29 is 9.47 Å². The fraction of sp³-hybridized carbons (Fsp3) is 0.238. The highest BCUT2D eigenvalue weighted by molar-refractivity contribution is 5.42. The van der Waals surface area contributed by atoms with Crippen LogP contribution in [0.5, 0.6) is 17.2 Å². The topological polar surface area (TPSA) is 53.4 Å². The molecule has 0 amide bonds. The molecule has 0 spiro atoms. The molecular weight excluding hydrogens is 328 g/mol. The minimum atomic E-state index is -0.242. The molecule has 0 aliphatic heterocycles. The van der Waals surface area contributed by atoms with Gasteiger partial charge in [0.1, 0.15) is 11.5 Å². The van der Waals surface area contributed by atoms with Crippen LogP contribution in [0.1, 0.15) is 29.9 Å². The van der Waals surface area contributed by atoms with Gasteiger partial charge in [0.05, 0.1) is 19.0 Å². The van der Waals surface area contributed by atoms with Gasteiger partial charge in [0.25, 0.3) is 0 Å². The van der Waals surface area contributed by atoms with Crippen molar-refractivity contribution in [3.05, 3.63) is 76.2 Å². The smallest absolute Gasteiger partial charge is 0.314 e. The molecule has 1 fully saturated rings. The summed E-state index contributed by atoms with van der Waals surface area (Å²) in [5.41, 5.74) is 2.50. The molecule has 3 aromatic rings. The first-order valence-electron chi connectivity index (χ1n) is 8.67. The van der Waals surface area contributed by atoms with Crippen LogP contribution in [0.4, 0.5) is 0 Å². The Balaban J connectivity index is 1.76. The second-order valence-electron chi connectivity index (χ2n) is 6.53. The normalized spacial score (nSPS) is 13.5. The molecule has 0 unspecified atom stereocenters.